The van der Waals surface area contributed by atoms with Gasteiger partial charge in [0.2, 0.25) is 5.91 Å². The quantitative estimate of drug-likeness (QED) is 0.800. The minimum absolute atomic E-state index is 0.0519. The molecule has 0 spiro atoms. The summed E-state index contributed by atoms with van der Waals surface area (Å²) in [6.45, 7) is 4.45. The molecule has 4 heteroatoms. The Kier molecular flexibility index (Phi) is 4.25. The molecule has 1 aliphatic rings. The molecule has 1 heterocycles. The van der Waals surface area contributed by atoms with Crippen molar-refractivity contribution in [3.8, 4) is 0 Å². The second kappa shape index (κ2) is 6.31. The van der Waals surface area contributed by atoms with Crippen molar-refractivity contribution in [2.75, 3.05) is 19.6 Å². The molecule has 0 fully saturated rings. The van der Waals surface area contributed by atoms with Gasteiger partial charge in [-0.1, -0.05) is 6.92 Å². The molecule has 0 bridgehead atoms. The molecule has 0 aliphatic heterocycles. The maximum atomic E-state index is 12.0. The number of amides is 1. The molecule has 0 saturated carbocycles. The lowest BCUT2D eigenvalue weighted by Crippen LogP contribution is -2.32. The fourth-order valence-corrected chi connectivity index (χ4v) is 2.99. The largest absolute Gasteiger partial charge is 0.464 e. The molecule has 1 aliphatic carbocycles. The molecule has 4 nitrogen and oxygen atoms in total. The molecular formula is C17H22N2O2. The van der Waals surface area contributed by atoms with Crippen LogP contribution < -0.4 is 10.6 Å². The number of rotatable bonds is 6. The van der Waals surface area contributed by atoms with Crippen LogP contribution in [0.5, 0.6) is 0 Å². The Bertz CT molecular complexity index is 646. The summed E-state index contributed by atoms with van der Waals surface area (Å²) in [4.78, 5) is 12.0. The topological polar surface area (TPSA) is 54.3 Å². The van der Waals surface area contributed by atoms with Crippen LogP contribution in [-0.4, -0.2) is 25.5 Å². The van der Waals surface area contributed by atoms with E-state index in [9.17, 15) is 4.79 Å². The van der Waals surface area contributed by atoms with Crippen LogP contribution in [0.4, 0.5) is 0 Å². The lowest BCUT2D eigenvalue weighted by atomic mass is 10.0. The maximum Gasteiger partial charge on any atom is 0.224 e. The Balaban J connectivity index is 1.68. The van der Waals surface area contributed by atoms with Crippen molar-refractivity contribution in [2.24, 2.45) is 0 Å². The van der Waals surface area contributed by atoms with Gasteiger partial charge in [-0.15, -0.1) is 0 Å². The van der Waals surface area contributed by atoms with Crippen LogP contribution in [0, 0.1) is 0 Å². The summed E-state index contributed by atoms with van der Waals surface area (Å²) >= 11 is 0. The molecule has 3 rings (SSSR count). The first-order valence-electron chi connectivity index (χ1n) is 7.77. The third-order valence-electron chi connectivity index (χ3n) is 4.09. The number of benzene rings is 1. The van der Waals surface area contributed by atoms with Crippen molar-refractivity contribution in [3.05, 3.63) is 35.1 Å². The Morgan fingerprint density at radius 3 is 2.86 bits per heavy atom. The number of nitrogens with one attached hydrogen (secondary N) is 2. The summed E-state index contributed by atoms with van der Waals surface area (Å²) in [5, 5.41) is 7.21. The van der Waals surface area contributed by atoms with E-state index in [1.165, 1.54) is 17.5 Å². The van der Waals surface area contributed by atoms with E-state index in [0.717, 1.165) is 42.5 Å². The number of hydrogen-bond acceptors (Lipinski definition) is 3. The standard InChI is InChI=1S/C17H22N2O2/c1-2-18-6-7-19-17(20)10-14-11-21-16-9-13-5-3-4-12(13)8-15(14)16/h8-9,11,18H,2-7,10H2,1H3,(H,19,20). The summed E-state index contributed by atoms with van der Waals surface area (Å²) in [6.07, 6.45) is 5.63. The number of carbonyl (C=O) groups is 1. The summed E-state index contributed by atoms with van der Waals surface area (Å²) < 4.78 is 5.63. The van der Waals surface area contributed by atoms with Gasteiger partial charge in [0.05, 0.1) is 12.7 Å². The maximum absolute atomic E-state index is 12.0. The molecule has 2 N–H and O–H groups in total. The van der Waals surface area contributed by atoms with Gasteiger partial charge >= 0.3 is 0 Å². The summed E-state index contributed by atoms with van der Waals surface area (Å²) in [5.41, 5.74) is 4.71. The van der Waals surface area contributed by atoms with E-state index < -0.39 is 0 Å². The number of aryl methyl sites for hydroxylation is 2. The first-order valence-corrected chi connectivity index (χ1v) is 7.77. The predicted octanol–water partition coefficient (Wildman–Crippen LogP) is 2.19. The first-order chi connectivity index (χ1) is 10.3. The van der Waals surface area contributed by atoms with Gasteiger partial charge in [-0.3, -0.25) is 4.79 Å². The van der Waals surface area contributed by atoms with Gasteiger partial charge in [-0.2, -0.15) is 0 Å². The van der Waals surface area contributed by atoms with Crippen molar-refractivity contribution < 1.29 is 9.21 Å². The highest BCUT2D eigenvalue weighted by molar-refractivity contribution is 5.88. The van der Waals surface area contributed by atoms with E-state index >= 15 is 0 Å². The lowest BCUT2D eigenvalue weighted by Gasteiger charge is -2.05. The number of hydrogen-bond donors (Lipinski definition) is 2. The van der Waals surface area contributed by atoms with Gasteiger partial charge in [0.25, 0.3) is 0 Å². The van der Waals surface area contributed by atoms with E-state index in [-0.39, 0.29) is 5.91 Å². The number of likely N-dealkylation sites (N-methyl/N-ethyl adjacent to an activating group) is 1. The van der Waals surface area contributed by atoms with Crippen molar-refractivity contribution in [2.45, 2.75) is 32.6 Å². The fraction of sp³-hybridized carbons (Fsp3) is 0.471. The Labute approximate surface area is 124 Å². The zero-order valence-electron chi connectivity index (χ0n) is 12.5. The van der Waals surface area contributed by atoms with E-state index in [1.54, 1.807) is 6.26 Å². The molecular weight excluding hydrogens is 264 g/mol. The Morgan fingerprint density at radius 1 is 1.24 bits per heavy atom. The smallest absolute Gasteiger partial charge is 0.224 e. The molecule has 1 aromatic carbocycles. The summed E-state index contributed by atoms with van der Waals surface area (Å²) in [7, 11) is 0. The van der Waals surface area contributed by atoms with E-state index in [4.69, 9.17) is 4.42 Å². The van der Waals surface area contributed by atoms with Crippen LogP contribution in [0.3, 0.4) is 0 Å². The minimum Gasteiger partial charge on any atom is -0.464 e. The van der Waals surface area contributed by atoms with E-state index in [1.807, 2.05) is 0 Å². The Morgan fingerprint density at radius 2 is 2.05 bits per heavy atom. The SMILES string of the molecule is CCNCCNC(=O)Cc1coc2cc3c(cc12)CCC3. The number of carbonyl (C=O) groups excluding carboxylic acids is 1. The normalized spacial score (nSPS) is 13.6. The van der Waals surface area contributed by atoms with Crippen LogP contribution in [0.1, 0.15) is 30.0 Å². The van der Waals surface area contributed by atoms with Crippen LogP contribution in [0.25, 0.3) is 11.0 Å². The Hall–Kier alpha value is -1.81. The molecule has 2 aromatic rings. The first kappa shape index (κ1) is 14.1. The fourth-order valence-electron chi connectivity index (χ4n) is 2.99. The second-order valence-corrected chi connectivity index (χ2v) is 5.61. The average molecular weight is 286 g/mol. The highest BCUT2D eigenvalue weighted by Crippen LogP contribution is 2.30. The van der Waals surface area contributed by atoms with Gasteiger partial charge in [-0.05, 0) is 49.1 Å². The molecule has 0 radical (unpaired) electrons. The molecule has 21 heavy (non-hydrogen) atoms. The zero-order chi connectivity index (χ0) is 14.7. The van der Waals surface area contributed by atoms with Crippen molar-refractivity contribution in [1.29, 1.82) is 0 Å². The summed E-state index contributed by atoms with van der Waals surface area (Å²) in [6, 6.07) is 4.35. The zero-order valence-corrected chi connectivity index (χ0v) is 12.5. The van der Waals surface area contributed by atoms with E-state index in [0.29, 0.717) is 13.0 Å². The highest BCUT2D eigenvalue weighted by atomic mass is 16.3. The number of fused-ring (bicyclic) bond motifs is 2. The second-order valence-electron chi connectivity index (χ2n) is 5.61. The van der Waals surface area contributed by atoms with Crippen LogP contribution in [0.2, 0.25) is 0 Å². The molecule has 1 amide bonds. The lowest BCUT2D eigenvalue weighted by molar-refractivity contribution is -0.120. The van der Waals surface area contributed by atoms with E-state index in [2.05, 4.69) is 29.7 Å². The van der Waals surface area contributed by atoms with Gasteiger partial charge in [-0.25, -0.2) is 0 Å². The van der Waals surface area contributed by atoms with Crippen molar-refractivity contribution in [3.63, 3.8) is 0 Å². The number of furan rings is 1. The third kappa shape index (κ3) is 3.10. The van der Waals surface area contributed by atoms with Gasteiger partial charge in [0.15, 0.2) is 0 Å². The minimum atomic E-state index is 0.0519. The van der Waals surface area contributed by atoms with Crippen molar-refractivity contribution in [1.82, 2.24) is 10.6 Å². The highest BCUT2D eigenvalue weighted by Gasteiger charge is 2.16. The van der Waals surface area contributed by atoms with Gasteiger partial charge in [0, 0.05) is 24.0 Å². The van der Waals surface area contributed by atoms with Gasteiger partial charge in [0.1, 0.15) is 5.58 Å². The monoisotopic (exact) mass is 286 g/mol. The third-order valence-corrected chi connectivity index (χ3v) is 4.09. The molecule has 0 unspecified atom stereocenters. The van der Waals surface area contributed by atoms with Crippen LogP contribution in [0.15, 0.2) is 22.8 Å². The average Bonchev–Trinajstić information content (AvgIpc) is 3.08. The molecule has 1 aromatic heterocycles. The van der Waals surface area contributed by atoms with Crippen LogP contribution in [-0.2, 0) is 24.1 Å². The summed E-state index contributed by atoms with van der Waals surface area (Å²) in [5.74, 6) is 0.0519. The van der Waals surface area contributed by atoms with Crippen molar-refractivity contribution >= 4 is 16.9 Å². The molecule has 0 atom stereocenters. The molecule has 0 saturated heterocycles. The molecule has 112 valence electrons. The van der Waals surface area contributed by atoms with Gasteiger partial charge < -0.3 is 15.1 Å². The predicted molar refractivity (Wildman–Crippen MR) is 83.5 cm³/mol. The van der Waals surface area contributed by atoms with Crippen LogP contribution >= 0.6 is 0 Å².